The van der Waals surface area contributed by atoms with Crippen LogP contribution in [0.5, 0.6) is 0 Å². The number of hydrogen-bond donors (Lipinski definition) is 2. The predicted octanol–water partition coefficient (Wildman–Crippen LogP) is 0.474. The highest BCUT2D eigenvalue weighted by Gasteiger charge is 2.38. The first-order valence-electron chi connectivity index (χ1n) is 7.25. The van der Waals surface area contributed by atoms with Gasteiger partial charge >= 0.3 is 0 Å². The van der Waals surface area contributed by atoms with E-state index in [0.29, 0.717) is 30.9 Å². The van der Waals surface area contributed by atoms with Crippen LogP contribution in [0.2, 0.25) is 0 Å². The second-order valence-electron chi connectivity index (χ2n) is 5.89. The maximum absolute atomic E-state index is 12.3. The van der Waals surface area contributed by atoms with Gasteiger partial charge in [-0.2, -0.15) is 0 Å². The zero-order chi connectivity index (χ0) is 15.0. The highest BCUT2D eigenvalue weighted by atomic mass is 32.1. The Labute approximate surface area is 127 Å². The fourth-order valence-corrected chi connectivity index (χ4v) is 3.82. The van der Waals surface area contributed by atoms with Crippen LogP contribution in [0.4, 0.5) is 0 Å². The molecule has 1 fully saturated rings. The minimum atomic E-state index is -0.772. The monoisotopic (exact) mass is 309 g/mol. The first-order chi connectivity index (χ1) is 9.97. The van der Waals surface area contributed by atoms with Crippen LogP contribution in [0.25, 0.3) is 0 Å². The molecule has 1 aliphatic heterocycles. The van der Waals surface area contributed by atoms with Gasteiger partial charge in [-0.15, -0.1) is 11.3 Å². The van der Waals surface area contributed by atoms with E-state index in [1.54, 1.807) is 4.90 Å². The molecule has 2 heterocycles. The van der Waals surface area contributed by atoms with Crippen LogP contribution in [0.1, 0.15) is 46.1 Å². The molecule has 21 heavy (non-hydrogen) atoms. The number of nitrogens with zero attached hydrogens (tertiary/aromatic N) is 2. The molecule has 0 bridgehead atoms. The number of carbonyl (C=O) groups excluding carboxylic acids is 2. The highest BCUT2D eigenvalue weighted by molar-refractivity contribution is 7.13. The zero-order valence-electron chi connectivity index (χ0n) is 11.8. The van der Waals surface area contributed by atoms with Gasteiger partial charge in [0.15, 0.2) is 5.01 Å². The Morgan fingerprint density at radius 2 is 2.05 bits per heavy atom. The van der Waals surface area contributed by atoms with Crippen LogP contribution in [0, 0.1) is 0 Å². The van der Waals surface area contributed by atoms with Crippen molar-refractivity contribution in [1.82, 2.24) is 9.88 Å². The average Bonchev–Trinajstić information content (AvgIpc) is 2.71. The van der Waals surface area contributed by atoms with E-state index in [-0.39, 0.29) is 12.3 Å². The Balaban J connectivity index is 1.63. The molecule has 0 spiro atoms. The van der Waals surface area contributed by atoms with E-state index < -0.39 is 11.5 Å². The number of aromatic nitrogens is 1. The summed E-state index contributed by atoms with van der Waals surface area (Å²) in [6, 6.07) is 0. The van der Waals surface area contributed by atoms with Crippen LogP contribution in [-0.4, -0.2) is 45.5 Å². The number of carbonyl (C=O) groups is 2. The Hall–Kier alpha value is -1.47. The molecule has 1 aromatic heterocycles. The lowest BCUT2D eigenvalue weighted by molar-refractivity contribution is -0.140. The average molecular weight is 309 g/mol. The van der Waals surface area contributed by atoms with Gasteiger partial charge in [0.05, 0.1) is 17.7 Å². The summed E-state index contributed by atoms with van der Waals surface area (Å²) < 4.78 is 0. The first kappa shape index (κ1) is 14.5. The number of amides is 2. The molecule has 0 atom stereocenters. The van der Waals surface area contributed by atoms with Crippen LogP contribution >= 0.6 is 11.3 Å². The molecule has 0 saturated heterocycles. The molecular formula is C14H19N3O3S. The first-order valence-corrected chi connectivity index (χ1v) is 8.07. The number of hydrogen-bond acceptors (Lipinski definition) is 5. The van der Waals surface area contributed by atoms with Crippen molar-refractivity contribution < 1.29 is 14.7 Å². The summed E-state index contributed by atoms with van der Waals surface area (Å²) in [5.74, 6) is -0.476. The molecule has 6 nitrogen and oxygen atoms in total. The van der Waals surface area contributed by atoms with Gasteiger partial charge in [-0.25, -0.2) is 4.98 Å². The van der Waals surface area contributed by atoms with E-state index >= 15 is 0 Å². The van der Waals surface area contributed by atoms with Gasteiger partial charge in [-0.1, -0.05) is 0 Å². The highest BCUT2D eigenvalue weighted by Crippen LogP contribution is 2.35. The zero-order valence-corrected chi connectivity index (χ0v) is 12.6. The topological polar surface area (TPSA) is 96.5 Å². The molecule has 2 amide bonds. The predicted molar refractivity (Wildman–Crippen MR) is 78.0 cm³/mol. The number of rotatable bonds is 3. The van der Waals surface area contributed by atoms with E-state index in [2.05, 4.69) is 4.98 Å². The van der Waals surface area contributed by atoms with Crippen LogP contribution in [0.3, 0.4) is 0 Å². The van der Waals surface area contributed by atoms with Crippen molar-refractivity contribution in [2.75, 3.05) is 13.1 Å². The third-order valence-corrected chi connectivity index (χ3v) is 5.51. The van der Waals surface area contributed by atoms with Crippen molar-refractivity contribution in [2.45, 2.75) is 44.1 Å². The molecule has 1 saturated carbocycles. The van der Waals surface area contributed by atoms with Crippen LogP contribution in [-0.2, 0) is 17.6 Å². The van der Waals surface area contributed by atoms with Gasteiger partial charge in [0.2, 0.25) is 5.91 Å². The molecular weight excluding hydrogens is 290 g/mol. The summed E-state index contributed by atoms with van der Waals surface area (Å²) in [6.45, 7) is 1.20. The van der Waals surface area contributed by atoms with Gasteiger partial charge in [-0.3, -0.25) is 9.59 Å². The summed E-state index contributed by atoms with van der Waals surface area (Å²) in [5.41, 5.74) is 5.36. The molecule has 114 valence electrons. The Morgan fingerprint density at radius 3 is 2.67 bits per heavy atom. The third-order valence-electron chi connectivity index (χ3n) is 4.33. The van der Waals surface area contributed by atoms with Crippen molar-refractivity contribution >= 4 is 23.2 Å². The van der Waals surface area contributed by atoms with Crippen molar-refractivity contribution in [3.63, 3.8) is 0 Å². The van der Waals surface area contributed by atoms with E-state index in [9.17, 15) is 14.7 Å². The second kappa shape index (κ2) is 5.38. The number of fused-ring (bicyclic) bond motifs is 1. The summed E-state index contributed by atoms with van der Waals surface area (Å²) in [4.78, 5) is 30.5. The largest absolute Gasteiger partial charge is 0.389 e. The molecule has 3 N–H and O–H groups in total. The molecule has 0 unspecified atom stereocenters. The number of thiazole rings is 1. The van der Waals surface area contributed by atoms with Gasteiger partial charge in [-0.05, 0) is 19.3 Å². The Morgan fingerprint density at radius 1 is 1.33 bits per heavy atom. The quantitative estimate of drug-likeness (QED) is 0.848. The van der Waals surface area contributed by atoms with Crippen molar-refractivity contribution in [3.8, 4) is 0 Å². The second-order valence-corrected chi connectivity index (χ2v) is 6.97. The van der Waals surface area contributed by atoms with Gasteiger partial charge in [0, 0.05) is 30.8 Å². The summed E-state index contributed by atoms with van der Waals surface area (Å²) in [6.07, 6.45) is 4.02. The van der Waals surface area contributed by atoms with Crippen molar-refractivity contribution in [3.05, 3.63) is 15.6 Å². The molecule has 1 aromatic rings. The van der Waals surface area contributed by atoms with E-state index in [1.807, 2.05) is 0 Å². The van der Waals surface area contributed by atoms with Gasteiger partial charge in [0.1, 0.15) is 0 Å². The van der Waals surface area contributed by atoms with E-state index in [4.69, 9.17) is 5.73 Å². The van der Waals surface area contributed by atoms with Crippen LogP contribution < -0.4 is 5.73 Å². The van der Waals surface area contributed by atoms with Gasteiger partial charge < -0.3 is 15.7 Å². The van der Waals surface area contributed by atoms with Gasteiger partial charge in [0.25, 0.3) is 5.91 Å². The Bertz CT molecular complexity index is 555. The lowest BCUT2D eigenvalue weighted by atomic mass is 9.77. The minimum Gasteiger partial charge on any atom is -0.389 e. The maximum Gasteiger partial charge on any atom is 0.277 e. The lowest BCUT2D eigenvalue weighted by Crippen LogP contribution is -2.44. The summed E-state index contributed by atoms with van der Waals surface area (Å²) >= 11 is 1.33. The maximum atomic E-state index is 12.3. The molecule has 7 heteroatoms. The van der Waals surface area contributed by atoms with E-state index in [0.717, 1.165) is 29.8 Å². The summed E-state index contributed by atoms with van der Waals surface area (Å²) in [5, 5.41) is 10.5. The molecule has 2 aliphatic rings. The lowest BCUT2D eigenvalue weighted by Gasteiger charge is -2.37. The normalized spacial score (nSPS) is 20.3. The fourth-order valence-electron chi connectivity index (χ4n) is 2.87. The van der Waals surface area contributed by atoms with Crippen molar-refractivity contribution in [1.29, 1.82) is 0 Å². The minimum absolute atomic E-state index is 0.0162. The number of primary amides is 1. The SMILES string of the molecule is NC(=O)c1nc2c(s1)CCN(C(=O)CC1(O)CCC1)CC2. The van der Waals surface area contributed by atoms with Crippen LogP contribution in [0.15, 0.2) is 0 Å². The third kappa shape index (κ3) is 2.94. The smallest absolute Gasteiger partial charge is 0.277 e. The molecule has 0 radical (unpaired) electrons. The van der Waals surface area contributed by atoms with E-state index in [1.165, 1.54) is 11.3 Å². The number of nitrogens with two attached hydrogens (primary N) is 1. The number of aliphatic hydroxyl groups is 1. The molecule has 3 rings (SSSR count). The summed E-state index contributed by atoms with van der Waals surface area (Å²) in [7, 11) is 0. The molecule has 1 aliphatic carbocycles. The fraction of sp³-hybridized carbons (Fsp3) is 0.643. The standard InChI is InChI=1S/C14H19N3O3S/c15-12(19)13-16-9-2-6-17(7-3-10(9)21-13)11(18)8-14(20)4-1-5-14/h20H,1-8H2,(H2,15,19). The Kier molecular flexibility index (Phi) is 3.71. The van der Waals surface area contributed by atoms with Crippen molar-refractivity contribution in [2.24, 2.45) is 5.73 Å². The molecule has 0 aromatic carbocycles.